The van der Waals surface area contributed by atoms with E-state index in [0.29, 0.717) is 5.41 Å². The van der Waals surface area contributed by atoms with Crippen molar-refractivity contribution in [1.82, 2.24) is 0 Å². The van der Waals surface area contributed by atoms with Gasteiger partial charge in [0, 0.05) is 0 Å². The summed E-state index contributed by atoms with van der Waals surface area (Å²) in [6.45, 7) is 20.3. The molecule has 3 aromatic rings. The van der Waals surface area contributed by atoms with Gasteiger partial charge in [-0.2, -0.15) is 41.0 Å². The van der Waals surface area contributed by atoms with Crippen molar-refractivity contribution in [3.63, 3.8) is 0 Å². The van der Waals surface area contributed by atoms with Crippen molar-refractivity contribution in [2.75, 3.05) is 0 Å². The minimum atomic E-state index is 0. The zero-order chi connectivity index (χ0) is 28.8. The van der Waals surface area contributed by atoms with Crippen LogP contribution in [0.3, 0.4) is 0 Å². The molecule has 0 saturated heterocycles. The Bertz CT molecular complexity index is 1270. The molecular formula is C38H46Cl2Zr-2. The van der Waals surface area contributed by atoms with Crippen LogP contribution >= 0.6 is 0 Å². The SMILES string of the molecule is CC(C)(C)C1=CC[C-]=C1.CC(C)(C)c1c[c-]c2c(c1)-c1cc(C(C)(C)C)ccc1C2.[Cl-].[Cl-].[Zr+2]=[CH]Cc1ccccc1. The molecule has 0 nitrogen and oxygen atoms in total. The average molecular weight is 665 g/mol. The predicted molar refractivity (Wildman–Crippen MR) is 167 cm³/mol. The van der Waals surface area contributed by atoms with E-state index in [2.05, 4.69) is 145 Å². The number of hydrogen-bond acceptors (Lipinski definition) is 0. The van der Waals surface area contributed by atoms with Crippen molar-refractivity contribution in [2.24, 2.45) is 5.41 Å². The van der Waals surface area contributed by atoms with Crippen molar-refractivity contribution in [3.05, 3.63) is 118 Å². The zero-order valence-electron chi connectivity index (χ0n) is 26.4. The van der Waals surface area contributed by atoms with E-state index in [1.165, 1.54) is 68.8 Å². The van der Waals surface area contributed by atoms with Gasteiger partial charge in [0.1, 0.15) is 0 Å². The van der Waals surface area contributed by atoms with E-state index in [4.69, 9.17) is 0 Å². The van der Waals surface area contributed by atoms with Crippen molar-refractivity contribution in [3.8, 4) is 11.1 Å². The van der Waals surface area contributed by atoms with Gasteiger partial charge in [0.05, 0.1) is 0 Å². The Kier molecular flexibility index (Phi) is 14.5. The summed E-state index contributed by atoms with van der Waals surface area (Å²) >= 11 is 1.51. The van der Waals surface area contributed by atoms with Crippen molar-refractivity contribution < 1.29 is 49.0 Å². The summed E-state index contributed by atoms with van der Waals surface area (Å²) in [6, 6.07) is 25.6. The second-order valence-corrected chi connectivity index (χ2v) is 14.7. The van der Waals surface area contributed by atoms with Gasteiger partial charge in [0.25, 0.3) is 0 Å². The number of fused-ring (bicyclic) bond motifs is 3. The molecule has 0 heterocycles. The van der Waals surface area contributed by atoms with Crippen molar-refractivity contribution in [1.29, 1.82) is 0 Å². The molecule has 0 spiro atoms. The standard InChI is InChI=1S/C21H25.C9H13.C8H8.2ClH.Zr/c1-20(2,3)16-9-7-14-11-15-8-10-17(21(4,5)6)13-19(15)18(14)12-16;1-9(2,3)8-6-4-5-7-8;1-2-8-6-4-3-5-7-8;;;/h7,9-10,12-13H,11H2,1-6H3;6-7H,4H2,1-3H3;1,3-7H,2H2;2*1H;/q2*-1;;;;+2/p-2. The third-order valence-electron chi connectivity index (χ3n) is 7.27. The van der Waals surface area contributed by atoms with Crippen LogP contribution in [-0.2, 0) is 47.9 Å². The Balaban J connectivity index is 0.000000351. The van der Waals surface area contributed by atoms with Gasteiger partial charge >= 0.3 is 70.3 Å². The first-order valence-electron chi connectivity index (χ1n) is 14.2. The molecular weight excluding hydrogens is 619 g/mol. The first-order valence-corrected chi connectivity index (χ1v) is 15.6. The van der Waals surface area contributed by atoms with E-state index >= 15 is 0 Å². The van der Waals surface area contributed by atoms with Crippen LogP contribution in [0.5, 0.6) is 0 Å². The van der Waals surface area contributed by atoms with Crippen LogP contribution in [0.2, 0.25) is 0 Å². The fourth-order valence-electron chi connectivity index (χ4n) is 4.64. The monoisotopic (exact) mass is 662 g/mol. The van der Waals surface area contributed by atoms with Crippen LogP contribution in [0.25, 0.3) is 11.1 Å². The fourth-order valence-corrected chi connectivity index (χ4v) is 5.22. The van der Waals surface area contributed by atoms with Crippen LogP contribution in [0.15, 0.2) is 78.4 Å². The van der Waals surface area contributed by atoms with Crippen LogP contribution in [-0.4, -0.2) is 3.71 Å². The molecule has 0 fully saturated rings. The molecule has 5 rings (SSSR count). The summed E-state index contributed by atoms with van der Waals surface area (Å²) in [4.78, 5) is 0. The van der Waals surface area contributed by atoms with Gasteiger partial charge in [0.2, 0.25) is 0 Å². The molecule has 0 aliphatic heterocycles. The summed E-state index contributed by atoms with van der Waals surface area (Å²) in [5.74, 6) is 0. The third-order valence-corrected chi connectivity index (χ3v) is 7.77. The van der Waals surface area contributed by atoms with Crippen molar-refractivity contribution in [2.45, 2.75) is 92.4 Å². The zero-order valence-corrected chi connectivity index (χ0v) is 30.4. The van der Waals surface area contributed by atoms with Crippen molar-refractivity contribution >= 4 is 3.71 Å². The minimum absolute atomic E-state index is 0. The molecule has 41 heavy (non-hydrogen) atoms. The molecule has 0 N–H and O–H groups in total. The predicted octanol–water partition coefficient (Wildman–Crippen LogP) is 3.96. The molecule has 0 radical (unpaired) electrons. The van der Waals surface area contributed by atoms with Gasteiger partial charge < -0.3 is 24.8 Å². The van der Waals surface area contributed by atoms with E-state index in [0.717, 1.165) is 19.3 Å². The summed E-state index contributed by atoms with van der Waals surface area (Å²) in [6.07, 6.45) is 10.7. The molecule has 3 aromatic carbocycles. The Labute approximate surface area is 278 Å². The molecule has 0 amide bonds. The molecule has 2 aliphatic rings. The number of hydrogen-bond donors (Lipinski definition) is 0. The Hall–Kier alpha value is -1.53. The number of benzene rings is 3. The van der Waals surface area contributed by atoms with Crippen LogP contribution < -0.4 is 24.8 Å². The maximum atomic E-state index is 3.53. The van der Waals surface area contributed by atoms with E-state index in [1.807, 2.05) is 6.07 Å². The molecule has 0 bridgehead atoms. The quantitative estimate of drug-likeness (QED) is 0.285. The summed E-state index contributed by atoms with van der Waals surface area (Å²) in [7, 11) is 0. The Morgan fingerprint density at radius 3 is 1.85 bits per heavy atom. The third kappa shape index (κ3) is 10.9. The topological polar surface area (TPSA) is 0 Å². The van der Waals surface area contributed by atoms with E-state index in [9.17, 15) is 0 Å². The molecule has 2 aliphatic carbocycles. The number of halogens is 2. The van der Waals surface area contributed by atoms with E-state index < -0.39 is 0 Å². The van der Waals surface area contributed by atoms with Crippen LogP contribution in [0.4, 0.5) is 0 Å². The van der Waals surface area contributed by atoms with Gasteiger partial charge in [-0.05, 0) is 17.4 Å². The van der Waals surface area contributed by atoms with E-state index in [-0.39, 0.29) is 35.6 Å². The Morgan fingerprint density at radius 1 is 0.756 bits per heavy atom. The number of allylic oxidation sites excluding steroid dienone is 4. The molecule has 3 heteroatoms. The number of rotatable bonds is 2. The van der Waals surface area contributed by atoms with Gasteiger partial charge in [-0.3, -0.25) is 6.08 Å². The van der Waals surface area contributed by atoms with Gasteiger partial charge in [-0.25, -0.2) is 6.08 Å². The summed E-state index contributed by atoms with van der Waals surface area (Å²) < 4.78 is 2.25. The second kappa shape index (κ2) is 15.8. The van der Waals surface area contributed by atoms with Gasteiger partial charge in [-0.15, -0.1) is 12.0 Å². The molecule has 0 atom stereocenters. The summed E-state index contributed by atoms with van der Waals surface area (Å²) in [5.41, 5.74) is 11.9. The molecule has 0 saturated carbocycles. The molecule has 0 aromatic heterocycles. The average Bonchev–Trinajstić information content (AvgIpc) is 3.52. The first kappa shape index (κ1) is 37.5. The summed E-state index contributed by atoms with van der Waals surface area (Å²) in [5, 5.41) is 0. The Morgan fingerprint density at radius 2 is 1.37 bits per heavy atom. The normalized spacial score (nSPS) is 13.2. The second-order valence-electron chi connectivity index (χ2n) is 13.7. The van der Waals surface area contributed by atoms with Crippen LogP contribution in [0.1, 0.15) is 96.6 Å². The molecule has 218 valence electrons. The maximum absolute atomic E-state index is 3.53. The van der Waals surface area contributed by atoms with Gasteiger partial charge in [0.15, 0.2) is 0 Å². The van der Waals surface area contributed by atoms with E-state index in [1.54, 1.807) is 0 Å². The van der Waals surface area contributed by atoms with Gasteiger partial charge in [-0.1, -0.05) is 102 Å². The molecule has 0 unspecified atom stereocenters. The van der Waals surface area contributed by atoms with Crippen LogP contribution in [0, 0.1) is 17.6 Å². The fraction of sp³-hybridized carbons (Fsp3) is 0.395. The first-order chi connectivity index (χ1) is 18.2.